The molecule has 0 spiro atoms. The van der Waals surface area contributed by atoms with Crippen molar-refractivity contribution in [2.24, 2.45) is 0 Å². The number of benzene rings is 3. The third-order valence-corrected chi connectivity index (χ3v) is 6.24. The van der Waals surface area contributed by atoms with Crippen molar-refractivity contribution in [3.05, 3.63) is 108 Å². The maximum Gasteiger partial charge on any atom is 0.263 e. The van der Waals surface area contributed by atoms with Crippen LogP contribution in [0.3, 0.4) is 0 Å². The van der Waals surface area contributed by atoms with Crippen LogP contribution in [-0.4, -0.2) is 20.7 Å². The third-order valence-electron chi connectivity index (χ3n) is 5.18. The molecule has 5 nitrogen and oxygen atoms in total. The summed E-state index contributed by atoms with van der Waals surface area (Å²) >= 11 is 1.52. The van der Waals surface area contributed by atoms with Gasteiger partial charge >= 0.3 is 0 Å². The van der Waals surface area contributed by atoms with Gasteiger partial charge in [0.25, 0.3) is 5.91 Å². The number of carbonyl (C=O) groups excluding carboxylic acids is 1. The molecule has 0 saturated heterocycles. The molecule has 0 aliphatic heterocycles. The molecule has 0 radical (unpaired) electrons. The maximum atomic E-state index is 13.7. The van der Waals surface area contributed by atoms with E-state index in [9.17, 15) is 4.79 Å². The first-order valence-corrected chi connectivity index (χ1v) is 10.8. The molecule has 0 fully saturated rings. The summed E-state index contributed by atoms with van der Waals surface area (Å²) in [6.07, 6.45) is 1.65. The molecule has 0 unspecified atom stereocenters. The monoisotopic (exact) mass is 424 g/mol. The molecule has 0 atom stereocenters. The van der Waals surface area contributed by atoms with Crippen molar-refractivity contribution >= 4 is 32.6 Å². The zero-order chi connectivity index (χ0) is 21.2. The lowest BCUT2D eigenvalue weighted by molar-refractivity contribution is 0.0984. The van der Waals surface area contributed by atoms with Gasteiger partial charge in [0.05, 0.1) is 39.9 Å². The van der Waals surface area contributed by atoms with E-state index < -0.39 is 0 Å². The molecule has 3 aromatic carbocycles. The molecule has 31 heavy (non-hydrogen) atoms. The molecule has 6 heteroatoms. The Balaban J connectivity index is 1.56. The quantitative estimate of drug-likeness (QED) is 0.367. The highest BCUT2D eigenvalue weighted by atomic mass is 32.1. The van der Waals surface area contributed by atoms with Gasteiger partial charge in [-0.15, -0.1) is 0 Å². The first kappa shape index (κ1) is 19.2. The number of nitrogens with zero attached hydrogens (tertiary/aromatic N) is 4. The van der Waals surface area contributed by atoms with Gasteiger partial charge in [-0.3, -0.25) is 9.69 Å². The Labute approximate surface area is 184 Å². The number of anilines is 1. The fraction of sp³-hybridized carbons (Fsp3) is 0.0800. The second-order valence-electron chi connectivity index (χ2n) is 7.23. The molecule has 0 bridgehead atoms. The minimum atomic E-state index is -0.109. The van der Waals surface area contributed by atoms with E-state index in [0.717, 1.165) is 27.2 Å². The van der Waals surface area contributed by atoms with Crippen LogP contribution in [0.1, 0.15) is 21.6 Å². The highest BCUT2D eigenvalue weighted by molar-refractivity contribution is 7.22. The van der Waals surface area contributed by atoms with Crippen LogP contribution in [0.25, 0.3) is 15.9 Å². The molecule has 0 N–H and O–H groups in total. The van der Waals surface area contributed by atoms with Crippen molar-refractivity contribution in [2.45, 2.75) is 13.5 Å². The zero-order valence-electron chi connectivity index (χ0n) is 17.0. The van der Waals surface area contributed by atoms with E-state index in [2.05, 4.69) is 5.10 Å². The number of amides is 1. The topological polar surface area (TPSA) is 51.0 Å². The highest BCUT2D eigenvalue weighted by Gasteiger charge is 2.25. The maximum absolute atomic E-state index is 13.7. The van der Waals surface area contributed by atoms with Crippen LogP contribution >= 0.6 is 11.3 Å². The van der Waals surface area contributed by atoms with Crippen molar-refractivity contribution in [3.63, 3.8) is 0 Å². The van der Waals surface area contributed by atoms with Gasteiger partial charge in [0.1, 0.15) is 0 Å². The summed E-state index contributed by atoms with van der Waals surface area (Å²) in [5, 5.41) is 5.17. The van der Waals surface area contributed by atoms with Crippen LogP contribution in [0.4, 0.5) is 5.13 Å². The minimum absolute atomic E-state index is 0.109. The average Bonchev–Trinajstić information content (AvgIpc) is 3.42. The Hall–Kier alpha value is -3.77. The van der Waals surface area contributed by atoms with Gasteiger partial charge in [-0.25, -0.2) is 9.67 Å². The molecular formula is C25H20N4OS. The van der Waals surface area contributed by atoms with Crippen LogP contribution in [0.2, 0.25) is 0 Å². The molecule has 0 aliphatic rings. The van der Waals surface area contributed by atoms with Crippen molar-refractivity contribution in [1.29, 1.82) is 0 Å². The molecule has 1 amide bonds. The fourth-order valence-corrected chi connectivity index (χ4v) is 4.53. The number of hydrogen-bond acceptors (Lipinski definition) is 4. The van der Waals surface area contributed by atoms with Crippen molar-refractivity contribution < 1.29 is 4.79 Å². The molecular weight excluding hydrogens is 404 g/mol. The lowest BCUT2D eigenvalue weighted by atomic mass is 10.2. The van der Waals surface area contributed by atoms with E-state index in [1.165, 1.54) is 11.3 Å². The average molecular weight is 425 g/mol. The minimum Gasteiger partial charge on any atom is -0.279 e. The molecule has 5 rings (SSSR count). The molecule has 0 saturated carbocycles. The summed E-state index contributed by atoms with van der Waals surface area (Å²) < 4.78 is 2.85. The van der Waals surface area contributed by atoms with E-state index in [0.29, 0.717) is 17.2 Å². The number of para-hydroxylation sites is 2. The van der Waals surface area contributed by atoms with Crippen LogP contribution < -0.4 is 4.90 Å². The van der Waals surface area contributed by atoms with E-state index >= 15 is 0 Å². The van der Waals surface area contributed by atoms with E-state index in [4.69, 9.17) is 4.98 Å². The lowest BCUT2D eigenvalue weighted by Gasteiger charge is -2.20. The Kier molecular flexibility index (Phi) is 5.06. The molecule has 0 aliphatic carbocycles. The van der Waals surface area contributed by atoms with Gasteiger partial charge in [-0.1, -0.05) is 72.0 Å². The zero-order valence-corrected chi connectivity index (χ0v) is 17.8. The Morgan fingerprint density at radius 2 is 1.61 bits per heavy atom. The summed E-state index contributed by atoms with van der Waals surface area (Å²) in [5.74, 6) is -0.109. The van der Waals surface area contributed by atoms with Crippen molar-refractivity contribution in [1.82, 2.24) is 14.8 Å². The van der Waals surface area contributed by atoms with Gasteiger partial charge in [0.2, 0.25) is 0 Å². The second-order valence-corrected chi connectivity index (χ2v) is 8.24. The first-order valence-electron chi connectivity index (χ1n) is 10.0. The number of aromatic nitrogens is 3. The largest absolute Gasteiger partial charge is 0.279 e. The first-order chi connectivity index (χ1) is 15.2. The Morgan fingerprint density at radius 3 is 2.35 bits per heavy atom. The summed E-state index contributed by atoms with van der Waals surface area (Å²) in [7, 11) is 0. The van der Waals surface area contributed by atoms with Crippen molar-refractivity contribution in [3.8, 4) is 5.69 Å². The summed E-state index contributed by atoms with van der Waals surface area (Å²) in [6, 6.07) is 27.8. The fourth-order valence-electron chi connectivity index (χ4n) is 3.56. The van der Waals surface area contributed by atoms with E-state index in [1.807, 2.05) is 91.9 Å². The number of rotatable bonds is 5. The van der Waals surface area contributed by atoms with Crippen LogP contribution in [0.5, 0.6) is 0 Å². The van der Waals surface area contributed by atoms with Gasteiger partial charge in [0.15, 0.2) is 5.13 Å². The van der Waals surface area contributed by atoms with Gasteiger partial charge < -0.3 is 0 Å². The molecule has 152 valence electrons. The summed E-state index contributed by atoms with van der Waals surface area (Å²) in [6.45, 7) is 2.36. The SMILES string of the molecule is Cc1c(C(=O)N(Cc2ccccc2)c2nc3ccccc3s2)cnn1-c1ccccc1. The number of thiazole rings is 1. The summed E-state index contributed by atoms with van der Waals surface area (Å²) in [4.78, 5) is 20.2. The molecule has 5 aromatic rings. The van der Waals surface area contributed by atoms with Crippen LogP contribution in [0, 0.1) is 6.92 Å². The predicted molar refractivity (Wildman–Crippen MR) is 125 cm³/mol. The number of hydrogen-bond donors (Lipinski definition) is 0. The van der Waals surface area contributed by atoms with Crippen molar-refractivity contribution in [2.75, 3.05) is 4.90 Å². The van der Waals surface area contributed by atoms with Gasteiger partial charge in [-0.2, -0.15) is 5.10 Å². The smallest absolute Gasteiger partial charge is 0.263 e. The normalized spacial score (nSPS) is 11.0. The number of carbonyl (C=O) groups is 1. The van der Waals surface area contributed by atoms with Gasteiger partial charge in [0, 0.05) is 0 Å². The lowest BCUT2D eigenvalue weighted by Crippen LogP contribution is -2.30. The Morgan fingerprint density at radius 1 is 0.935 bits per heavy atom. The van der Waals surface area contributed by atoms with Gasteiger partial charge in [-0.05, 0) is 36.8 Å². The van der Waals surface area contributed by atoms with Crippen LogP contribution in [-0.2, 0) is 6.54 Å². The van der Waals surface area contributed by atoms with Crippen LogP contribution in [0.15, 0.2) is 91.1 Å². The standard InChI is InChI=1S/C25H20N4OS/c1-18-21(16-26-29(18)20-12-6-3-7-13-20)24(30)28(17-19-10-4-2-5-11-19)25-27-22-14-8-9-15-23(22)31-25/h2-16H,17H2,1H3. The highest BCUT2D eigenvalue weighted by Crippen LogP contribution is 2.31. The summed E-state index contributed by atoms with van der Waals surface area (Å²) in [5.41, 5.74) is 4.23. The molecule has 2 aromatic heterocycles. The Bertz CT molecular complexity index is 1310. The molecule has 2 heterocycles. The van der Waals surface area contributed by atoms with E-state index in [-0.39, 0.29) is 5.91 Å². The van der Waals surface area contributed by atoms with E-state index in [1.54, 1.807) is 15.8 Å². The second kappa shape index (κ2) is 8.16. The predicted octanol–water partition coefficient (Wildman–Crippen LogP) is 5.64. The third kappa shape index (κ3) is 3.73. The number of fused-ring (bicyclic) bond motifs is 1.